The van der Waals surface area contributed by atoms with Crippen LogP contribution in [-0.4, -0.2) is 77.3 Å². The zero-order valence-corrected chi connectivity index (χ0v) is 28.5. The first-order chi connectivity index (χ1) is 24.7. The first-order valence-electron chi connectivity index (χ1n) is 17.9. The van der Waals surface area contributed by atoms with Gasteiger partial charge in [0.05, 0.1) is 79.3 Å². The van der Waals surface area contributed by atoms with Crippen molar-refractivity contribution in [2.45, 2.75) is 62.7 Å². The monoisotopic (exact) mass is 678 g/mol. The highest BCUT2D eigenvalue weighted by atomic mass is 16.6. The summed E-state index contributed by atoms with van der Waals surface area (Å²) >= 11 is 0. The Morgan fingerprint density at radius 1 is 0.360 bits per heavy atom. The number of benzene rings is 4. The lowest BCUT2D eigenvalue weighted by Crippen LogP contribution is -2.15. The van der Waals surface area contributed by atoms with E-state index in [1.807, 2.05) is 0 Å². The molecule has 4 atom stereocenters. The molecule has 8 rings (SSSR count). The van der Waals surface area contributed by atoms with E-state index in [0.29, 0.717) is 52.9 Å². The normalized spacial score (nSPS) is 23.0. The SMILES string of the molecule is c1cc(C(c2ccc(COCC3CO3)cc2)C(c2ccc(COCC3CO3)cc2)c2ccc(COCC3CO3)cc2)ccc1COCC1CO1. The van der Waals surface area contributed by atoms with Crippen molar-refractivity contribution in [2.24, 2.45) is 0 Å². The predicted molar refractivity (Wildman–Crippen MR) is 187 cm³/mol. The van der Waals surface area contributed by atoms with Crippen molar-refractivity contribution < 1.29 is 37.9 Å². The smallest absolute Gasteiger partial charge is 0.104 e. The molecule has 0 N–H and O–H groups in total. The van der Waals surface area contributed by atoms with Crippen LogP contribution in [0.4, 0.5) is 0 Å². The van der Waals surface area contributed by atoms with Gasteiger partial charge in [0.2, 0.25) is 0 Å². The van der Waals surface area contributed by atoms with E-state index < -0.39 is 0 Å². The first kappa shape index (κ1) is 33.7. The third-order valence-electron chi connectivity index (χ3n) is 9.59. The maximum atomic E-state index is 5.91. The van der Waals surface area contributed by atoms with Gasteiger partial charge in [0.1, 0.15) is 24.4 Å². The highest BCUT2D eigenvalue weighted by Gasteiger charge is 2.29. The Morgan fingerprint density at radius 2 is 0.560 bits per heavy atom. The van der Waals surface area contributed by atoms with Crippen LogP contribution >= 0.6 is 0 Å². The largest absolute Gasteiger partial charge is 0.374 e. The molecule has 4 aromatic carbocycles. The summed E-state index contributed by atoms with van der Waals surface area (Å²) in [6.07, 6.45) is 1.02. The van der Waals surface area contributed by atoms with Crippen molar-refractivity contribution in [3.05, 3.63) is 142 Å². The number of epoxide rings is 4. The molecular weight excluding hydrogens is 632 g/mol. The Morgan fingerprint density at radius 3 is 0.740 bits per heavy atom. The van der Waals surface area contributed by atoms with Crippen LogP contribution in [-0.2, 0) is 64.3 Å². The van der Waals surface area contributed by atoms with Gasteiger partial charge in [-0.2, -0.15) is 0 Å². The van der Waals surface area contributed by atoms with Crippen LogP contribution in [0.1, 0.15) is 56.3 Å². The predicted octanol–water partition coefficient (Wildman–Crippen LogP) is 6.31. The van der Waals surface area contributed by atoms with Crippen LogP contribution in [0.15, 0.2) is 97.1 Å². The van der Waals surface area contributed by atoms with Crippen molar-refractivity contribution >= 4 is 0 Å². The minimum Gasteiger partial charge on any atom is -0.374 e. The zero-order chi connectivity index (χ0) is 33.5. The van der Waals surface area contributed by atoms with Crippen molar-refractivity contribution in [2.75, 3.05) is 52.9 Å². The molecule has 8 nitrogen and oxygen atoms in total. The van der Waals surface area contributed by atoms with E-state index >= 15 is 0 Å². The molecule has 4 aromatic rings. The van der Waals surface area contributed by atoms with Gasteiger partial charge < -0.3 is 37.9 Å². The van der Waals surface area contributed by atoms with E-state index in [1.54, 1.807) is 0 Å². The summed E-state index contributed by atoms with van der Waals surface area (Å²) in [6, 6.07) is 35.7. The molecule has 4 saturated heterocycles. The Hall–Kier alpha value is -3.44. The number of ether oxygens (including phenoxy) is 8. The average Bonchev–Trinajstić information content (AvgIpc) is 3.95. The Bertz CT molecular complexity index is 1380. The van der Waals surface area contributed by atoms with Crippen LogP contribution in [0.2, 0.25) is 0 Å². The average molecular weight is 679 g/mol. The quantitative estimate of drug-likeness (QED) is 0.0949. The summed E-state index contributed by atoms with van der Waals surface area (Å²) in [7, 11) is 0. The van der Waals surface area contributed by atoms with Gasteiger partial charge in [-0.3, -0.25) is 0 Å². The summed E-state index contributed by atoms with van der Waals surface area (Å²) in [5, 5.41) is 0. The fraction of sp³-hybridized carbons (Fsp3) is 0.429. The maximum Gasteiger partial charge on any atom is 0.104 e. The Labute approximate surface area is 294 Å². The fourth-order valence-corrected chi connectivity index (χ4v) is 6.33. The summed E-state index contributed by atoms with van der Waals surface area (Å²) in [5.74, 6) is 0.0887. The lowest BCUT2D eigenvalue weighted by molar-refractivity contribution is 0.104. The molecule has 262 valence electrons. The molecule has 0 saturated carbocycles. The van der Waals surface area contributed by atoms with Crippen molar-refractivity contribution in [3.63, 3.8) is 0 Å². The van der Waals surface area contributed by atoms with Gasteiger partial charge in [0.25, 0.3) is 0 Å². The highest BCUT2D eigenvalue weighted by molar-refractivity contribution is 5.46. The van der Waals surface area contributed by atoms with Gasteiger partial charge in [0.15, 0.2) is 0 Å². The number of rotatable bonds is 21. The zero-order valence-electron chi connectivity index (χ0n) is 28.5. The topological polar surface area (TPSA) is 87.0 Å². The number of hydrogen-bond donors (Lipinski definition) is 0. The number of hydrogen-bond acceptors (Lipinski definition) is 8. The highest BCUT2D eigenvalue weighted by Crippen LogP contribution is 2.43. The van der Waals surface area contributed by atoms with Crippen LogP contribution < -0.4 is 0 Å². The van der Waals surface area contributed by atoms with Crippen LogP contribution in [0.25, 0.3) is 0 Å². The van der Waals surface area contributed by atoms with Gasteiger partial charge in [-0.05, 0) is 44.5 Å². The van der Waals surface area contributed by atoms with E-state index in [2.05, 4.69) is 97.1 Å². The summed E-state index contributed by atoms with van der Waals surface area (Å²) in [6.45, 7) is 8.04. The van der Waals surface area contributed by atoms with E-state index in [1.165, 1.54) is 22.3 Å². The molecule has 8 heteroatoms. The van der Waals surface area contributed by atoms with Gasteiger partial charge in [-0.25, -0.2) is 0 Å². The standard InChI is InChI=1S/C42H46O8/c1-9-33(10-2-29(1)17-43-21-37-25-47-37)41(34-11-3-30(4-12-34)18-44-22-38-26-48-38)42(35-13-5-31(6-14-35)19-45-23-39-27-49-39)36-15-7-32(8-16-36)20-46-24-40-28-50-40/h1-16,37-42H,17-28H2. The van der Waals surface area contributed by atoms with Crippen LogP contribution in [0, 0.1) is 0 Å². The lowest BCUT2D eigenvalue weighted by atomic mass is 9.73. The lowest BCUT2D eigenvalue weighted by Gasteiger charge is -2.30. The van der Waals surface area contributed by atoms with Crippen molar-refractivity contribution in [3.8, 4) is 0 Å². The molecule has 0 amide bonds. The Kier molecular flexibility index (Phi) is 11.0. The van der Waals surface area contributed by atoms with Gasteiger partial charge >= 0.3 is 0 Å². The third kappa shape index (κ3) is 9.87. The second-order valence-electron chi connectivity index (χ2n) is 13.8. The summed E-state index contributed by atoms with van der Waals surface area (Å²) in [4.78, 5) is 0. The molecule has 0 radical (unpaired) electrons. The molecular formula is C42H46O8. The molecule has 0 spiro atoms. The summed E-state index contributed by atoms with van der Waals surface area (Å²) < 4.78 is 44.9. The fourth-order valence-electron chi connectivity index (χ4n) is 6.33. The Balaban J connectivity index is 1.08. The molecule has 0 bridgehead atoms. The van der Waals surface area contributed by atoms with Gasteiger partial charge in [-0.1, -0.05) is 97.1 Å². The van der Waals surface area contributed by atoms with Crippen molar-refractivity contribution in [1.29, 1.82) is 0 Å². The molecule has 4 fully saturated rings. The van der Waals surface area contributed by atoms with Gasteiger partial charge in [0, 0.05) is 11.8 Å². The second kappa shape index (κ2) is 16.3. The molecule has 4 heterocycles. The van der Waals surface area contributed by atoms with Crippen LogP contribution in [0.3, 0.4) is 0 Å². The molecule has 4 unspecified atom stereocenters. The maximum absolute atomic E-state index is 5.91. The first-order valence-corrected chi connectivity index (χ1v) is 17.9. The van der Waals surface area contributed by atoms with Crippen LogP contribution in [0.5, 0.6) is 0 Å². The van der Waals surface area contributed by atoms with E-state index in [4.69, 9.17) is 37.9 Å². The molecule has 50 heavy (non-hydrogen) atoms. The van der Waals surface area contributed by atoms with E-state index in [-0.39, 0.29) is 36.3 Å². The van der Waals surface area contributed by atoms with E-state index in [0.717, 1.165) is 48.7 Å². The molecule has 0 aromatic heterocycles. The van der Waals surface area contributed by atoms with Crippen molar-refractivity contribution in [1.82, 2.24) is 0 Å². The molecule has 4 aliphatic heterocycles. The molecule has 0 aliphatic carbocycles. The van der Waals surface area contributed by atoms with E-state index in [9.17, 15) is 0 Å². The summed E-state index contributed by atoms with van der Waals surface area (Å²) in [5.41, 5.74) is 9.58. The second-order valence-corrected chi connectivity index (χ2v) is 13.8. The minimum atomic E-state index is 0.0443. The third-order valence-corrected chi connectivity index (χ3v) is 9.59. The molecule has 4 aliphatic rings. The van der Waals surface area contributed by atoms with Gasteiger partial charge in [-0.15, -0.1) is 0 Å². The minimum absolute atomic E-state index is 0.0443.